The van der Waals surface area contributed by atoms with Crippen LogP contribution in [0, 0.1) is 0 Å². The van der Waals surface area contributed by atoms with Crippen molar-refractivity contribution in [2.45, 2.75) is 12.8 Å². The summed E-state index contributed by atoms with van der Waals surface area (Å²) in [6.45, 7) is 0. The van der Waals surface area contributed by atoms with Gasteiger partial charge in [-0.05, 0) is 35.7 Å². The Hall–Kier alpha value is -2.09. The third-order valence-corrected chi connectivity index (χ3v) is 5.28. The first-order valence-corrected chi connectivity index (χ1v) is 9.15. The molecule has 0 aliphatic heterocycles. The minimum Gasteiger partial charge on any atom is -0.301 e. The Labute approximate surface area is 151 Å². The lowest BCUT2D eigenvalue weighted by Gasteiger charge is -2.02. The molecule has 0 unspecified atom stereocenters. The molecule has 122 valence electrons. The summed E-state index contributed by atoms with van der Waals surface area (Å²) in [5.74, 6) is -0.357. The molecule has 0 fully saturated rings. The maximum atomic E-state index is 12.0. The molecule has 0 saturated heterocycles. The zero-order chi connectivity index (χ0) is 16.9. The van der Waals surface area contributed by atoms with Crippen molar-refractivity contribution >= 4 is 51.1 Å². The Balaban J connectivity index is 1.52. The first-order chi connectivity index (χ1) is 11.6. The van der Waals surface area contributed by atoms with Gasteiger partial charge >= 0.3 is 0 Å². The lowest BCUT2D eigenvalue weighted by molar-refractivity contribution is -0.116. The second kappa shape index (κ2) is 7.65. The van der Waals surface area contributed by atoms with Gasteiger partial charge in [0.25, 0.3) is 0 Å². The number of carbonyl (C=O) groups is 2. The summed E-state index contributed by atoms with van der Waals surface area (Å²) >= 11 is 8.66. The molecule has 8 heteroatoms. The predicted octanol–water partition coefficient (Wildman–Crippen LogP) is 4.52. The van der Waals surface area contributed by atoms with E-state index in [1.54, 1.807) is 35.6 Å². The molecule has 1 N–H and O–H groups in total. The van der Waals surface area contributed by atoms with Crippen LogP contribution < -0.4 is 5.32 Å². The number of nitrogens with zero attached hydrogens (tertiary/aromatic N) is 2. The van der Waals surface area contributed by atoms with Crippen LogP contribution in [0.4, 0.5) is 5.13 Å². The van der Waals surface area contributed by atoms with E-state index in [1.165, 1.54) is 11.3 Å². The summed E-state index contributed by atoms with van der Waals surface area (Å²) in [6.07, 6.45) is 0.222. The van der Waals surface area contributed by atoms with E-state index in [0.29, 0.717) is 15.7 Å². The maximum absolute atomic E-state index is 12.0. The largest absolute Gasteiger partial charge is 0.301 e. The number of carbonyl (C=O) groups excluding carboxylic acids is 2. The molecule has 0 aliphatic rings. The molecule has 0 atom stereocenters. The highest BCUT2D eigenvalue weighted by Crippen LogP contribution is 2.29. The van der Waals surface area contributed by atoms with Crippen molar-refractivity contribution < 1.29 is 9.59 Å². The molecule has 0 aliphatic carbocycles. The third-order valence-electron chi connectivity index (χ3n) is 3.15. The molecular formula is C16H12ClN3O2S2. The number of hydrogen-bond acceptors (Lipinski definition) is 6. The number of ketones is 1. The number of nitrogens with one attached hydrogen (secondary N) is 1. The summed E-state index contributed by atoms with van der Waals surface area (Å²) in [5.41, 5.74) is 0.545. The van der Waals surface area contributed by atoms with Crippen molar-refractivity contribution in [3.05, 3.63) is 52.4 Å². The lowest BCUT2D eigenvalue weighted by atomic mass is 10.1. The minimum absolute atomic E-state index is 0.0926. The zero-order valence-electron chi connectivity index (χ0n) is 12.4. The normalized spacial score (nSPS) is 10.5. The second-order valence-electron chi connectivity index (χ2n) is 4.87. The van der Waals surface area contributed by atoms with Crippen LogP contribution in [0.2, 0.25) is 5.02 Å². The predicted molar refractivity (Wildman–Crippen MR) is 96.9 cm³/mol. The van der Waals surface area contributed by atoms with E-state index >= 15 is 0 Å². The van der Waals surface area contributed by atoms with Gasteiger partial charge in [0.15, 0.2) is 10.8 Å². The highest BCUT2D eigenvalue weighted by molar-refractivity contribution is 7.23. The molecule has 2 aromatic heterocycles. The molecule has 1 amide bonds. The number of halogens is 1. The van der Waals surface area contributed by atoms with Crippen LogP contribution in [0.15, 0.2) is 41.8 Å². The smallest absolute Gasteiger partial charge is 0.226 e. The van der Waals surface area contributed by atoms with E-state index in [4.69, 9.17) is 11.6 Å². The first kappa shape index (κ1) is 16.8. The average Bonchev–Trinajstić information content (AvgIpc) is 3.24. The number of amides is 1. The SMILES string of the molecule is O=C(CCC(=O)c1ccc(Cl)cc1)Nc1nnc(-c2cccs2)s1. The van der Waals surface area contributed by atoms with E-state index in [1.807, 2.05) is 17.5 Å². The van der Waals surface area contributed by atoms with Crippen molar-refractivity contribution in [3.8, 4) is 9.88 Å². The van der Waals surface area contributed by atoms with E-state index in [2.05, 4.69) is 15.5 Å². The molecule has 0 radical (unpaired) electrons. The lowest BCUT2D eigenvalue weighted by Crippen LogP contribution is -2.13. The number of hydrogen-bond donors (Lipinski definition) is 1. The minimum atomic E-state index is -0.258. The van der Waals surface area contributed by atoms with Gasteiger partial charge in [-0.25, -0.2) is 0 Å². The van der Waals surface area contributed by atoms with Gasteiger partial charge in [0.2, 0.25) is 11.0 Å². The number of rotatable bonds is 6. The van der Waals surface area contributed by atoms with E-state index in [0.717, 1.165) is 9.88 Å². The molecule has 2 heterocycles. The first-order valence-electron chi connectivity index (χ1n) is 7.08. The van der Waals surface area contributed by atoms with Crippen LogP contribution in [-0.4, -0.2) is 21.9 Å². The Morgan fingerprint density at radius 2 is 1.88 bits per heavy atom. The molecule has 0 spiro atoms. The van der Waals surface area contributed by atoms with Gasteiger partial charge in [-0.15, -0.1) is 21.5 Å². The Kier molecular flexibility index (Phi) is 5.34. The standard InChI is InChI=1S/C16H12ClN3O2S2/c17-11-5-3-10(4-6-11)12(21)7-8-14(22)18-16-20-19-15(24-16)13-2-1-9-23-13/h1-6,9H,7-8H2,(H,18,20,22). The summed E-state index contributed by atoms with van der Waals surface area (Å²) < 4.78 is 0. The molecule has 24 heavy (non-hydrogen) atoms. The quantitative estimate of drug-likeness (QED) is 0.641. The fraction of sp³-hybridized carbons (Fsp3) is 0.125. The second-order valence-corrected chi connectivity index (χ2v) is 7.23. The number of aromatic nitrogens is 2. The van der Waals surface area contributed by atoms with E-state index in [9.17, 15) is 9.59 Å². The van der Waals surface area contributed by atoms with Crippen molar-refractivity contribution in [1.82, 2.24) is 10.2 Å². The Morgan fingerprint density at radius 1 is 1.08 bits per heavy atom. The number of benzene rings is 1. The highest BCUT2D eigenvalue weighted by Gasteiger charge is 2.12. The third kappa shape index (κ3) is 4.25. The monoisotopic (exact) mass is 377 g/mol. The van der Waals surface area contributed by atoms with Gasteiger partial charge in [-0.2, -0.15) is 0 Å². The molecule has 0 bridgehead atoms. The van der Waals surface area contributed by atoms with Gasteiger partial charge in [0.1, 0.15) is 0 Å². The zero-order valence-corrected chi connectivity index (χ0v) is 14.7. The molecule has 3 rings (SSSR count). The average molecular weight is 378 g/mol. The van der Waals surface area contributed by atoms with E-state index in [-0.39, 0.29) is 24.5 Å². The van der Waals surface area contributed by atoms with Crippen molar-refractivity contribution in [2.24, 2.45) is 0 Å². The summed E-state index contributed by atoms with van der Waals surface area (Å²) in [6, 6.07) is 10.5. The van der Waals surface area contributed by atoms with Crippen LogP contribution in [0.25, 0.3) is 9.88 Å². The molecule has 1 aromatic carbocycles. The highest BCUT2D eigenvalue weighted by atomic mass is 35.5. The van der Waals surface area contributed by atoms with Crippen LogP contribution in [-0.2, 0) is 4.79 Å². The maximum Gasteiger partial charge on any atom is 0.226 e. The summed E-state index contributed by atoms with van der Waals surface area (Å²) in [5, 5.41) is 14.4. The molecule has 5 nitrogen and oxygen atoms in total. The molecular weight excluding hydrogens is 366 g/mol. The summed E-state index contributed by atoms with van der Waals surface area (Å²) in [4.78, 5) is 25.0. The topological polar surface area (TPSA) is 72.0 Å². The van der Waals surface area contributed by atoms with Gasteiger partial charge < -0.3 is 5.32 Å². The van der Waals surface area contributed by atoms with Gasteiger partial charge in [-0.1, -0.05) is 29.0 Å². The Morgan fingerprint density at radius 3 is 2.58 bits per heavy atom. The Bertz CT molecular complexity index is 845. The van der Waals surface area contributed by atoms with Crippen LogP contribution in [0.1, 0.15) is 23.2 Å². The van der Waals surface area contributed by atoms with Crippen molar-refractivity contribution in [2.75, 3.05) is 5.32 Å². The number of Topliss-reactive ketones (excluding diaryl/α,β-unsaturated/α-hetero) is 1. The number of thiophene rings is 1. The van der Waals surface area contributed by atoms with E-state index < -0.39 is 0 Å². The van der Waals surface area contributed by atoms with Gasteiger partial charge in [0, 0.05) is 23.4 Å². The molecule has 0 saturated carbocycles. The van der Waals surface area contributed by atoms with Gasteiger partial charge in [-0.3, -0.25) is 9.59 Å². The van der Waals surface area contributed by atoms with Crippen molar-refractivity contribution in [3.63, 3.8) is 0 Å². The fourth-order valence-electron chi connectivity index (χ4n) is 1.96. The fourth-order valence-corrected chi connectivity index (χ4v) is 3.64. The molecule has 3 aromatic rings. The van der Waals surface area contributed by atoms with Gasteiger partial charge in [0.05, 0.1) is 4.88 Å². The van der Waals surface area contributed by atoms with Crippen LogP contribution in [0.5, 0.6) is 0 Å². The van der Waals surface area contributed by atoms with Crippen LogP contribution >= 0.6 is 34.3 Å². The summed E-state index contributed by atoms with van der Waals surface area (Å²) in [7, 11) is 0. The van der Waals surface area contributed by atoms with Crippen molar-refractivity contribution in [1.29, 1.82) is 0 Å². The van der Waals surface area contributed by atoms with Crippen LogP contribution in [0.3, 0.4) is 0 Å². The number of anilines is 1.